The summed E-state index contributed by atoms with van der Waals surface area (Å²) in [5, 5.41) is 0. The van der Waals surface area contributed by atoms with E-state index in [9.17, 15) is 14.4 Å². The lowest BCUT2D eigenvalue weighted by molar-refractivity contribution is -0.140. The zero-order valence-electron chi connectivity index (χ0n) is 19.6. The molecule has 1 aromatic rings. The van der Waals surface area contributed by atoms with Crippen molar-refractivity contribution in [2.45, 2.75) is 64.7 Å². The van der Waals surface area contributed by atoms with E-state index in [0.29, 0.717) is 11.3 Å². The number of esters is 3. The Morgan fingerprint density at radius 1 is 0.879 bits per heavy atom. The van der Waals surface area contributed by atoms with Gasteiger partial charge in [0, 0.05) is 6.08 Å². The SMILES string of the molecule is C=CC(=O)OCCOC(=O)c1ccc(OC(=O)C2CCC(C3CCC(CC)CC3)CC2)cc1. The van der Waals surface area contributed by atoms with Gasteiger partial charge < -0.3 is 14.2 Å². The van der Waals surface area contributed by atoms with Crippen molar-refractivity contribution in [1.82, 2.24) is 0 Å². The molecule has 180 valence electrons. The molecule has 3 rings (SSSR count). The van der Waals surface area contributed by atoms with Crippen LogP contribution in [0.1, 0.15) is 75.1 Å². The van der Waals surface area contributed by atoms with Crippen molar-refractivity contribution in [2.75, 3.05) is 13.2 Å². The summed E-state index contributed by atoms with van der Waals surface area (Å²) in [5.41, 5.74) is 0.336. The second-order valence-corrected chi connectivity index (χ2v) is 9.25. The topological polar surface area (TPSA) is 78.9 Å². The van der Waals surface area contributed by atoms with Crippen molar-refractivity contribution in [2.24, 2.45) is 23.7 Å². The molecule has 0 spiro atoms. The molecule has 2 saturated carbocycles. The lowest BCUT2D eigenvalue weighted by atomic mass is 9.69. The van der Waals surface area contributed by atoms with Gasteiger partial charge in [0.1, 0.15) is 19.0 Å². The molecule has 2 aliphatic rings. The van der Waals surface area contributed by atoms with Crippen LogP contribution >= 0.6 is 0 Å². The van der Waals surface area contributed by atoms with Crippen LogP contribution in [0.4, 0.5) is 0 Å². The highest BCUT2D eigenvalue weighted by molar-refractivity contribution is 5.89. The third-order valence-corrected chi connectivity index (χ3v) is 7.28. The first kappa shape index (κ1) is 25.0. The highest BCUT2D eigenvalue weighted by atomic mass is 16.6. The van der Waals surface area contributed by atoms with E-state index in [-0.39, 0.29) is 25.1 Å². The van der Waals surface area contributed by atoms with Crippen molar-refractivity contribution in [3.63, 3.8) is 0 Å². The second-order valence-electron chi connectivity index (χ2n) is 9.25. The summed E-state index contributed by atoms with van der Waals surface area (Å²) in [4.78, 5) is 35.6. The minimum absolute atomic E-state index is 0.0332. The van der Waals surface area contributed by atoms with Gasteiger partial charge in [-0.1, -0.05) is 32.8 Å². The lowest BCUT2D eigenvalue weighted by Crippen LogP contribution is -2.30. The average Bonchev–Trinajstić information content (AvgIpc) is 2.86. The number of hydrogen-bond donors (Lipinski definition) is 0. The first-order valence-corrected chi connectivity index (χ1v) is 12.3. The van der Waals surface area contributed by atoms with E-state index in [1.165, 1.54) is 32.1 Å². The molecular weight excluding hydrogens is 420 g/mol. The van der Waals surface area contributed by atoms with Gasteiger partial charge >= 0.3 is 17.9 Å². The highest BCUT2D eigenvalue weighted by Crippen LogP contribution is 2.42. The van der Waals surface area contributed by atoms with E-state index in [4.69, 9.17) is 14.2 Å². The Hall–Kier alpha value is -2.63. The highest BCUT2D eigenvalue weighted by Gasteiger charge is 2.33. The molecule has 6 nitrogen and oxygen atoms in total. The molecule has 0 heterocycles. The van der Waals surface area contributed by atoms with Crippen molar-refractivity contribution < 1.29 is 28.6 Å². The second kappa shape index (κ2) is 12.6. The number of carbonyl (C=O) groups excluding carboxylic acids is 3. The normalized spacial score (nSPS) is 25.0. The van der Waals surface area contributed by atoms with Gasteiger partial charge in [0.05, 0.1) is 11.5 Å². The van der Waals surface area contributed by atoms with Gasteiger partial charge in [-0.05, 0) is 80.5 Å². The Bertz CT molecular complexity index is 798. The smallest absolute Gasteiger partial charge is 0.338 e. The molecule has 0 N–H and O–H groups in total. The molecule has 0 saturated heterocycles. The largest absolute Gasteiger partial charge is 0.459 e. The van der Waals surface area contributed by atoms with Crippen molar-refractivity contribution >= 4 is 17.9 Å². The summed E-state index contributed by atoms with van der Waals surface area (Å²) in [7, 11) is 0. The third-order valence-electron chi connectivity index (χ3n) is 7.28. The summed E-state index contributed by atoms with van der Waals surface area (Å²) < 4.78 is 15.4. The van der Waals surface area contributed by atoms with E-state index in [2.05, 4.69) is 13.5 Å². The molecule has 0 radical (unpaired) electrons. The van der Waals surface area contributed by atoms with Gasteiger partial charge in [-0.2, -0.15) is 0 Å². The summed E-state index contributed by atoms with van der Waals surface area (Å²) in [6.45, 7) is 5.51. The van der Waals surface area contributed by atoms with Gasteiger partial charge in [0.2, 0.25) is 0 Å². The van der Waals surface area contributed by atoms with Crippen LogP contribution in [0.15, 0.2) is 36.9 Å². The van der Waals surface area contributed by atoms with E-state index in [1.54, 1.807) is 24.3 Å². The number of hydrogen-bond acceptors (Lipinski definition) is 6. The Morgan fingerprint density at radius 3 is 2.03 bits per heavy atom. The Labute approximate surface area is 196 Å². The zero-order valence-corrected chi connectivity index (χ0v) is 19.6. The van der Waals surface area contributed by atoms with Gasteiger partial charge in [-0.3, -0.25) is 4.79 Å². The zero-order chi connectivity index (χ0) is 23.6. The van der Waals surface area contributed by atoms with Crippen molar-refractivity contribution in [1.29, 1.82) is 0 Å². The predicted octanol–water partition coefficient (Wildman–Crippen LogP) is 5.50. The first-order chi connectivity index (χ1) is 16.0. The van der Waals surface area contributed by atoms with Crippen LogP contribution < -0.4 is 4.74 Å². The molecule has 2 aliphatic carbocycles. The maximum atomic E-state index is 12.6. The van der Waals surface area contributed by atoms with Crippen LogP contribution in [0, 0.1) is 23.7 Å². The molecule has 0 amide bonds. The number of carbonyl (C=O) groups is 3. The van der Waals surface area contributed by atoms with E-state index < -0.39 is 11.9 Å². The maximum Gasteiger partial charge on any atom is 0.338 e. The fraction of sp³-hybridized carbons (Fsp3) is 0.593. The molecule has 0 aliphatic heterocycles. The fourth-order valence-corrected chi connectivity index (χ4v) is 5.17. The number of ether oxygens (including phenoxy) is 3. The van der Waals surface area contributed by atoms with Gasteiger partial charge in [-0.15, -0.1) is 0 Å². The van der Waals surface area contributed by atoms with Crippen LogP contribution in [0.3, 0.4) is 0 Å². The van der Waals surface area contributed by atoms with Gasteiger partial charge in [0.15, 0.2) is 0 Å². The molecule has 1 aromatic carbocycles. The summed E-state index contributed by atoms with van der Waals surface area (Å²) in [6, 6.07) is 6.32. The monoisotopic (exact) mass is 456 g/mol. The van der Waals surface area contributed by atoms with Crippen molar-refractivity contribution in [3.05, 3.63) is 42.5 Å². The Kier molecular flexibility index (Phi) is 9.52. The van der Waals surface area contributed by atoms with E-state index in [0.717, 1.165) is 49.5 Å². The molecule has 33 heavy (non-hydrogen) atoms. The molecule has 0 bridgehead atoms. The fourth-order valence-electron chi connectivity index (χ4n) is 5.17. The minimum Gasteiger partial charge on any atom is -0.459 e. The summed E-state index contributed by atoms with van der Waals surface area (Å²) in [6.07, 6.45) is 11.8. The summed E-state index contributed by atoms with van der Waals surface area (Å²) in [5.74, 6) is 1.63. The van der Waals surface area contributed by atoms with Crippen molar-refractivity contribution in [3.8, 4) is 5.75 Å². The Morgan fingerprint density at radius 2 is 1.45 bits per heavy atom. The first-order valence-electron chi connectivity index (χ1n) is 12.3. The molecule has 0 aromatic heterocycles. The standard InChI is InChI=1S/C27H36O6/c1-3-19-5-7-20(8-6-19)21-9-11-23(12-10-21)27(30)33-24-15-13-22(14-16-24)26(29)32-18-17-31-25(28)4-2/h4,13-16,19-21,23H,2-3,5-12,17-18H2,1H3. The number of benzene rings is 1. The summed E-state index contributed by atoms with van der Waals surface area (Å²) >= 11 is 0. The molecule has 0 atom stereocenters. The molecule has 0 unspecified atom stereocenters. The van der Waals surface area contributed by atoms with Crippen LogP contribution in [0.5, 0.6) is 5.75 Å². The molecular formula is C27H36O6. The predicted molar refractivity (Wildman–Crippen MR) is 125 cm³/mol. The van der Waals surface area contributed by atoms with Crippen LogP contribution in [-0.4, -0.2) is 31.1 Å². The minimum atomic E-state index is -0.565. The molecule has 6 heteroatoms. The lowest BCUT2D eigenvalue weighted by Gasteiger charge is -2.37. The van der Waals surface area contributed by atoms with Crippen LogP contribution in [-0.2, 0) is 19.1 Å². The van der Waals surface area contributed by atoms with Crippen LogP contribution in [0.2, 0.25) is 0 Å². The van der Waals surface area contributed by atoms with E-state index in [1.807, 2.05) is 0 Å². The third kappa shape index (κ3) is 7.44. The average molecular weight is 457 g/mol. The number of rotatable bonds is 9. The van der Waals surface area contributed by atoms with E-state index >= 15 is 0 Å². The maximum absolute atomic E-state index is 12.6. The quantitative estimate of drug-likeness (QED) is 0.211. The Balaban J connectivity index is 1.38. The van der Waals surface area contributed by atoms with Gasteiger partial charge in [0.25, 0.3) is 0 Å². The van der Waals surface area contributed by atoms with Crippen LogP contribution in [0.25, 0.3) is 0 Å². The van der Waals surface area contributed by atoms with Gasteiger partial charge in [-0.25, -0.2) is 9.59 Å². The molecule has 2 fully saturated rings.